The van der Waals surface area contributed by atoms with Gasteiger partial charge in [-0.3, -0.25) is 4.79 Å². The highest BCUT2D eigenvalue weighted by Crippen LogP contribution is 2.37. The number of fused-ring (bicyclic) bond motifs is 5. The highest BCUT2D eigenvalue weighted by Gasteiger charge is 2.20. The van der Waals surface area contributed by atoms with Gasteiger partial charge in [-0.2, -0.15) is 0 Å². The van der Waals surface area contributed by atoms with Crippen molar-refractivity contribution in [1.29, 1.82) is 0 Å². The van der Waals surface area contributed by atoms with Crippen LogP contribution in [-0.4, -0.2) is 16.6 Å². The van der Waals surface area contributed by atoms with Crippen LogP contribution in [0.5, 0.6) is 0 Å². The van der Waals surface area contributed by atoms with E-state index in [1.807, 2.05) is 18.2 Å². The molecule has 0 unspecified atom stereocenters. The molecule has 0 atom stereocenters. The van der Waals surface area contributed by atoms with E-state index in [1.165, 1.54) is 22.9 Å². The monoisotopic (exact) mass is 291 g/mol. The molecule has 0 radical (unpaired) electrons. The van der Waals surface area contributed by atoms with E-state index in [1.54, 1.807) is 6.92 Å². The lowest BCUT2D eigenvalue weighted by atomic mass is 10.0. The number of aryl methyl sites for hydroxylation is 2. The minimum Gasteiger partial charge on any atom is -0.333 e. The van der Waals surface area contributed by atoms with Crippen LogP contribution in [-0.2, 0) is 24.2 Å². The van der Waals surface area contributed by atoms with E-state index in [0.29, 0.717) is 6.54 Å². The molecule has 0 bridgehead atoms. The predicted octanol–water partition coefficient (Wildman–Crippen LogP) is 3.68. The Labute approximate surface area is 128 Å². The Kier molecular flexibility index (Phi) is 2.89. The van der Waals surface area contributed by atoms with Crippen molar-refractivity contribution in [3.05, 3.63) is 47.0 Å². The first-order valence-electron chi connectivity index (χ1n) is 7.72. The van der Waals surface area contributed by atoms with E-state index in [-0.39, 0.29) is 5.78 Å². The van der Waals surface area contributed by atoms with E-state index in [2.05, 4.69) is 16.7 Å². The van der Waals surface area contributed by atoms with Crippen LogP contribution in [0.1, 0.15) is 34.8 Å². The maximum atomic E-state index is 11.7. The quantitative estimate of drug-likeness (QED) is 0.545. The molecule has 3 heteroatoms. The summed E-state index contributed by atoms with van der Waals surface area (Å²) >= 11 is 0. The summed E-state index contributed by atoms with van der Waals surface area (Å²) in [6.45, 7) is 1.94. The van der Waals surface area contributed by atoms with Crippen LogP contribution < -0.4 is 0 Å². The number of ketones is 1. The van der Waals surface area contributed by atoms with Gasteiger partial charge in [0, 0.05) is 27.4 Å². The Hall–Kier alpha value is -2.42. The van der Waals surface area contributed by atoms with Crippen molar-refractivity contribution in [3.8, 4) is 0 Å². The van der Waals surface area contributed by atoms with Crippen molar-refractivity contribution >= 4 is 33.9 Å². The molecule has 1 aromatic heterocycles. The highest BCUT2D eigenvalue weighted by molar-refractivity contribution is 6.12. The highest BCUT2D eigenvalue weighted by atomic mass is 16.1. The maximum absolute atomic E-state index is 11.7. The lowest BCUT2D eigenvalue weighted by Crippen LogP contribution is -1.98. The largest absolute Gasteiger partial charge is 0.333 e. The van der Waals surface area contributed by atoms with Gasteiger partial charge in [0.2, 0.25) is 0 Å². The van der Waals surface area contributed by atoms with Gasteiger partial charge >= 0.3 is 0 Å². The second-order valence-corrected chi connectivity index (χ2v) is 6.02. The standard InChI is InChI=1S/C19H17NO2/c1-12(22)14-6-7-17-16(11-14)19-15-4-2-3-13(15)5-8-18(19)20(17)9-10-21/h5-8,10-11H,2-4,9H2,1H3. The third kappa shape index (κ3) is 1.75. The zero-order valence-corrected chi connectivity index (χ0v) is 12.6. The van der Waals surface area contributed by atoms with Crippen LogP contribution >= 0.6 is 0 Å². The summed E-state index contributed by atoms with van der Waals surface area (Å²) in [4.78, 5) is 22.8. The van der Waals surface area contributed by atoms with Crippen LogP contribution in [0.2, 0.25) is 0 Å². The first-order chi connectivity index (χ1) is 10.7. The number of aromatic nitrogens is 1. The lowest BCUT2D eigenvalue weighted by molar-refractivity contribution is -0.108. The normalized spacial score (nSPS) is 13.7. The van der Waals surface area contributed by atoms with Gasteiger partial charge in [-0.05, 0) is 61.6 Å². The Morgan fingerprint density at radius 2 is 2.00 bits per heavy atom. The molecule has 1 aliphatic carbocycles. The van der Waals surface area contributed by atoms with E-state index in [0.717, 1.165) is 41.1 Å². The molecule has 0 aliphatic heterocycles. The summed E-state index contributed by atoms with van der Waals surface area (Å²) in [6, 6.07) is 10.1. The van der Waals surface area contributed by atoms with Gasteiger partial charge in [0.05, 0.1) is 6.54 Å². The summed E-state index contributed by atoms with van der Waals surface area (Å²) in [6.07, 6.45) is 4.32. The average molecular weight is 291 g/mol. The first kappa shape index (κ1) is 13.3. The van der Waals surface area contributed by atoms with Crippen molar-refractivity contribution in [2.75, 3.05) is 0 Å². The van der Waals surface area contributed by atoms with Crippen molar-refractivity contribution in [2.45, 2.75) is 32.7 Å². The van der Waals surface area contributed by atoms with Crippen molar-refractivity contribution in [2.24, 2.45) is 0 Å². The zero-order valence-electron chi connectivity index (χ0n) is 12.6. The lowest BCUT2D eigenvalue weighted by Gasteiger charge is -2.04. The van der Waals surface area contributed by atoms with Crippen LogP contribution in [0.15, 0.2) is 30.3 Å². The minimum absolute atomic E-state index is 0.0748. The number of benzene rings is 2. The van der Waals surface area contributed by atoms with E-state index < -0.39 is 0 Å². The average Bonchev–Trinajstić information content (AvgIpc) is 3.10. The molecular formula is C19H17NO2. The molecule has 0 spiro atoms. The van der Waals surface area contributed by atoms with Crippen molar-refractivity contribution in [1.82, 2.24) is 4.57 Å². The topological polar surface area (TPSA) is 39.1 Å². The molecule has 1 heterocycles. The smallest absolute Gasteiger partial charge is 0.159 e. The third-order valence-electron chi connectivity index (χ3n) is 4.77. The van der Waals surface area contributed by atoms with Gasteiger partial charge in [0.25, 0.3) is 0 Å². The van der Waals surface area contributed by atoms with E-state index >= 15 is 0 Å². The summed E-state index contributed by atoms with van der Waals surface area (Å²) in [5.74, 6) is 0.0748. The number of hydrogen-bond donors (Lipinski definition) is 0. The first-order valence-corrected chi connectivity index (χ1v) is 7.72. The molecule has 1 aliphatic rings. The van der Waals surface area contributed by atoms with Gasteiger partial charge in [-0.15, -0.1) is 0 Å². The second-order valence-electron chi connectivity index (χ2n) is 6.02. The maximum Gasteiger partial charge on any atom is 0.159 e. The molecule has 3 nitrogen and oxygen atoms in total. The molecule has 0 amide bonds. The van der Waals surface area contributed by atoms with Crippen molar-refractivity contribution in [3.63, 3.8) is 0 Å². The second kappa shape index (κ2) is 4.80. The van der Waals surface area contributed by atoms with Crippen LogP contribution in [0.3, 0.4) is 0 Å². The number of hydrogen-bond acceptors (Lipinski definition) is 2. The van der Waals surface area contributed by atoms with Crippen LogP contribution in [0.4, 0.5) is 0 Å². The number of nitrogens with zero attached hydrogens (tertiary/aromatic N) is 1. The Morgan fingerprint density at radius 1 is 1.18 bits per heavy atom. The molecule has 2 aromatic carbocycles. The zero-order chi connectivity index (χ0) is 15.3. The van der Waals surface area contributed by atoms with E-state index in [9.17, 15) is 9.59 Å². The Morgan fingerprint density at radius 3 is 2.77 bits per heavy atom. The van der Waals surface area contributed by atoms with Gasteiger partial charge in [0.1, 0.15) is 6.29 Å². The molecule has 22 heavy (non-hydrogen) atoms. The predicted molar refractivity (Wildman–Crippen MR) is 87.5 cm³/mol. The fraction of sp³-hybridized carbons (Fsp3) is 0.263. The summed E-state index contributed by atoms with van der Waals surface area (Å²) < 4.78 is 2.06. The molecule has 0 saturated heterocycles. The van der Waals surface area contributed by atoms with Crippen LogP contribution in [0, 0.1) is 0 Å². The summed E-state index contributed by atoms with van der Waals surface area (Å²) in [5.41, 5.74) is 5.67. The van der Waals surface area contributed by atoms with Gasteiger partial charge in [0.15, 0.2) is 5.78 Å². The van der Waals surface area contributed by atoms with Gasteiger partial charge in [-0.25, -0.2) is 0 Å². The molecule has 0 N–H and O–H groups in total. The molecule has 0 fully saturated rings. The molecule has 3 aromatic rings. The number of Topliss-reactive ketones (excluding diaryl/α,β-unsaturated/α-hetero) is 1. The van der Waals surface area contributed by atoms with Crippen LogP contribution in [0.25, 0.3) is 21.8 Å². The van der Waals surface area contributed by atoms with Gasteiger partial charge in [-0.1, -0.05) is 6.07 Å². The fourth-order valence-corrected chi connectivity index (χ4v) is 3.77. The van der Waals surface area contributed by atoms with Gasteiger partial charge < -0.3 is 9.36 Å². The molecule has 0 saturated carbocycles. The Bertz CT molecular complexity index is 934. The van der Waals surface area contributed by atoms with Crippen molar-refractivity contribution < 1.29 is 9.59 Å². The Balaban J connectivity index is 2.18. The number of aldehydes is 1. The summed E-state index contributed by atoms with van der Waals surface area (Å²) in [7, 11) is 0. The molecule has 4 rings (SSSR count). The summed E-state index contributed by atoms with van der Waals surface area (Å²) in [5, 5.41) is 2.33. The number of rotatable bonds is 3. The third-order valence-corrected chi connectivity index (χ3v) is 4.77. The molecule has 110 valence electrons. The minimum atomic E-state index is 0.0748. The molecular weight excluding hydrogens is 274 g/mol. The number of carbonyl (C=O) groups is 2. The SMILES string of the molecule is CC(=O)c1ccc2c(c1)c1c3c(ccc1n2CC=O)CCC3. The fourth-order valence-electron chi connectivity index (χ4n) is 3.77. The number of carbonyl (C=O) groups excluding carboxylic acids is 2. The van der Waals surface area contributed by atoms with E-state index in [4.69, 9.17) is 0 Å².